The second-order valence-electron chi connectivity index (χ2n) is 8.69. The molecule has 0 aromatic heterocycles. The van der Waals surface area contributed by atoms with E-state index in [1.54, 1.807) is 0 Å². The van der Waals surface area contributed by atoms with Gasteiger partial charge in [0.1, 0.15) is 0 Å². The summed E-state index contributed by atoms with van der Waals surface area (Å²) in [5, 5.41) is 0. The number of fused-ring (bicyclic) bond motifs is 7. The Morgan fingerprint density at radius 1 is 0.706 bits per heavy atom. The van der Waals surface area contributed by atoms with Gasteiger partial charge in [-0.1, -0.05) is 101 Å². The van der Waals surface area contributed by atoms with Gasteiger partial charge in [0, 0.05) is 15.9 Å². The predicted octanol–water partition coefficient (Wildman–Crippen LogP) is 8.93. The van der Waals surface area contributed by atoms with Crippen LogP contribution in [0.1, 0.15) is 23.6 Å². The molecule has 1 nitrogen and oxygen atoms in total. The second kappa shape index (κ2) is 8.30. The first-order valence-corrected chi connectivity index (χ1v) is 12.4. The van der Waals surface area contributed by atoms with Crippen molar-refractivity contribution in [1.82, 2.24) is 0 Å². The first-order valence-electron chi connectivity index (χ1n) is 11.6. The topological polar surface area (TPSA) is 3.24 Å². The Morgan fingerprint density at radius 3 is 2.24 bits per heavy atom. The molecular formula is C32H24BrN. The van der Waals surface area contributed by atoms with Gasteiger partial charge in [-0.25, -0.2) is 0 Å². The summed E-state index contributed by atoms with van der Waals surface area (Å²) >= 11 is 3.71. The zero-order valence-electron chi connectivity index (χ0n) is 18.9. The quantitative estimate of drug-likeness (QED) is 0.253. The Labute approximate surface area is 209 Å². The standard InChI is InChI=1S/C32H24BrN/c1-2-3-5-14-25-22-32(28-16-9-8-15-26(28)27-21-23(33)19-20-29(27)32)30-17-10-11-18-31(30)34(25)24-12-6-4-7-13-24/h2-22H,1H3/b3-2-,14-5-. The first-order chi connectivity index (χ1) is 16.7. The summed E-state index contributed by atoms with van der Waals surface area (Å²) in [4.78, 5) is 2.38. The zero-order valence-corrected chi connectivity index (χ0v) is 20.5. The van der Waals surface area contributed by atoms with Gasteiger partial charge in [-0.2, -0.15) is 0 Å². The van der Waals surface area contributed by atoms with E-state index < -0.39 is 0 Å². The van der Waals surface area contributed by atoms with Crippen molar-refractivity contribution in [3.8, 4) is 11.1 Å². The smallest absolute Gasteiger partial charge is 0.0687 e. The lowest BCUT2D eigenvalue weighted by atomic mass is 9.69. The number of hydrogen-bond donors (Lipinski definition) is 0. The summed E-state index contributed by atoms with van der Waals surface area (Å²) in [7, 11) is 0. The summed E-state index contributed by atoms with van der Waals surface area (Å²) in [5.74, 6) is 0. The Hall–Kier alpha value is -3.62. The van der Waals surface area contributed by atoms with Crippen LogP contribution in [-0.2, 0) is 5.41 Å². The highest BCUT2D eigenvalue weighted by molar-refractivity contribution is 9.10. The fourth-order valence-corrected chi connectivity index (χ4v) is 5.86. The largest absolute Gasteiger partial charge is 0.310 e. The van der Waals surface area contributed by atoms with Crippen molar-refractivity contribution in [2.45, 2.75) is 12.3 Å². The molecule has 2 heteroatoms. The lowest BCUT2D eigenvalue weighted by Crippen LogP contribution is -2.34. The fourth-order valence-electron chi connectivity index (χ4n) is 5.49. The Morgan fingerprint density at radius 2 is 1.41 bits per heavy atom. The maximum atomic E-state index is 3.71. The molecule has 34 heavy (non-hydrogen) atoms. The Kier molecular flexibility index (Phi) is 5.12. The average Bonchev–Trinajstić information content (AvgIpc) is 3.14. The van der Waals surface area contributed by atoms with Gasteiger partial charge in [0.05, 0.1) is 11.1 Å². The molecule has 0 amide bonds. The van der Waals surface area contributed by atoms with Crippen LogP contribution in [0.25, 0.3) is 11.1 Å². The number of para-hydroxylation sites is 2. The summed E-state index contributed by atoms with van der Waals surface area (Å²) < 4.78 is 1.10. The van der Waals surface area contributed by atoms with Gasteiger partial charge in [-0.05, 0) is 77.2 Å². The minimum absolute atomic E-state index is 0.357. The molecule has 6 rings (SSSR count). The van der Waals surface area contributed by atoms with Crippen LogP contribution >= 0.6 is 15.9 Å². The van der Waals surface area contributed by atoms with Crippen LogP contribution in [0.3, 0.4) is 0 Å². The van der Waals surface area contributed by atoms with Crippen molar-refractivity contribution in [1.29, 1.82) is 0 Å². The number of anilines is 2. The third-order valence-electron chi connectivity index (χ3n) is 6.83. The van der Waals surface area contributed by atoms with Crippen molar-refractivity contribution in [3.63, 3.8) is 0 Å². The van der Waals surface area contributed by atoms with Crippen molar-refractivity contribution < 1.29 is 0 Å². The van der Waals surface area contributed by atoms with Gasteiger partial charge in [0.15, 0.2) is 0 Å². The van der Waals surface area contributed by atoms with E-state index in [4.69, 9.17) is 0 Å². The van der Waals surface area contributed by atoms with Gasteiger partial charge in [0.25, 0.3) is 0 Å². The number of allylic oxidation sites excluding steroid dienone is 5. The molecule has 1 aliphatic carbocycles. The number of benzene rings is 4. The van der Waals surface area contributed by atoms with E-state index in [0.717, 1.165) is 15.9 Å². The average molecular weight is 502 g/mol. The lowest BCUT2D eigenvalue weighted by molar-refractivity contribution is 0.776. The summed E-state index contributed by atoms with van der Waals surface area (Å²) in [6.07, 6.45) is 11.0. The van der Waals surface area contributed by atoms with Gasteiger partial charge in [-0.15, -0.1) is 0 Å². The van der Waals surface area contributed by atoms with Crippen LogP contribution in [0.2, 0.25) is 0 Å². The molecule has 0 radical (unpaired) electrons. The van der Waals surface area contributed by atoms with E-state index in [2.05, 4.69) is 148 Å². The van der Waals surface area contributed by atoms with Crippen molar-refractivity contribution in [2.75, 3.05) is 4.90 Å². The zero-order chi connectivity index (χ0) is 23.1. The van der Waals surface area contributed by atoms with Crippen molar-refractivity contribution in [3.05, 3.63) is 154 Å². The molecule has 1 atom stereocenters. The third kappa shape index (κ3) is 3.06. The molecule has 164 valence electrons. The van der Waals surface area contributed by atoms with Gasteiger partial charge in [-0.3, -0.25) is 0 Å². The summed E-state index contributed by atoms with van der Waals surface area (Å²) in [6.45, 7) is 2.05. The van der Waals surface area contributed by atoms with E-state index in [-0.39, 0.29) is 5.41 Å². The number of halogens is 1. The SMILES string of the molecule is C/C=C\C=C/C1=CC2(c3ccccc3-c3cc(Br)ccc32)c2ccccc2N1c1ccccc1. The minimum atomic E-state index is -0.357. The number of hydrogen-bond acceptors (Lipinski definition) is 1. The molecule has 0 fully saturated rings. The maximum absolute atomic E-state index is 3.71. The normalized spacial score (nSPS) is 18.3. The van der Waals surface area contributed by atoms with E-state index in [9.17, 15) is 0 Å². The molecule has 0 bridgehead atoms. The molecule has 1 unspecified atom stereocenters. The molecule has 1 spiro atoms. The molecule has 0 N–H and O–H groups in total. The van der Waals surface area contributed by atoms with Crippen molar-refractivity contribution in [2.24, 2.45) is 0 Å². The molecular weight excluding hydrogens is 478 g/mol. The Balaban J connectivity index is 1.72. The predicted molar refractivity (Wildman–Crippen MR) is 147 cm³/mol. The van der Waals surface area contributed by atoms with Crippen LogP contribution in [-0.4, -0.2) is 0 Å². The highest BCUT2D eigenvalue weighted by Gasteiger charge is 2.47. The molecule has 0 saturated heterocycles. The summed E-state index contributed by atoms with van der Waals surface area (Å²) in [6, 6.07) is 35.1. The van der Waals surface area contributed by atoms with Gasteiger partial charge < -0.3 is 4.90 Å². The van der Waals surface area contributed by atoms with Gasteiger partial charge in [0.2, 0.25) is 0 Å². The van der Waals surface area contributed by atoms with Crippen LogP contribution in [0.4, 0.5) is 11.4 Å². The molecule has 0 saturated carbocycles. The maximum Gasteiger partial charge on any atom is 0.0687 e. The molecule has 1 heterocycles. The van der Waals surface area contributed by atoms with Crippen molar-refractivity contribution >= 4 is 27.3 Å². The van der Waals surface area contributed by atoms with Crippen LogP contribution in [0.15, 0.2) is 138 Å². The second-order valence-corrected chi connectivity index (χ2v) is 9.60. The van der Waals surface area contributed by atoms with Crippen LogP contribution in [0, 0.1) is 0 Å². The minimum Gasteiger partial charge on any atom is -0.310 e. The molecule has 4 aromatic rings. The highest BCUT2D eigenvalue weighted by atomic mass is 79.9. The number of nitrogens with zero attached hydrogens (tertiary/aromatic N) is 1. The van der Waals surface area contributed by atoms with E-state index in [1.807, 2.05) is 6.92 Å². The monoisotopic (exact) mass is 501 g/mol. The van der Waals surface area contributed by atoms with E-state index in [1.165, 1.54) is 33.5 Å². The number of rotatable bonds is 3. The lowest BCUT2D eigenvalue weighted by Gasteiger charge is -2.41. The molecule has 4 aromatic carbocycles. The third-order valence-corrected chi connectivity index (χ3v) is 7.32. The molecule has 1 aliphatic heterocycles. The Bertz CT molecular complexity index is 1480. The summed E-state index contributed by atoms with van der Waals surface area (Å²) in [5.41, 5.74) is 9.73. The first kappa shape index (κ1) is 20.9. The van der Waals surface area contributed by atoms with Crippen LogP contribution < -0.4 is 4.90 Å². The van der Waals surface area contributed by atoms with E-state index >= 15 is 0 Å². The molecule has 2 aliphatic rings. The fraction of sp³-hybridized carbons (Fsp3) is 0.0625. The van der Waals surface area contributed by atoms with E-state index in [0.29, 0.717) is 0 Å². The highest BCUT2D eigenvalue weighted by Crippen LogP contribution is 2.58. The van der Waals surface area contributed by atoms with Crippen LogP contribution in [0.5, 0.6) is 0 Å². The van der Waals surface area contributed by atoms with Gasteiger partial charge >= 0.3 is 0 Å².